The normalized spacial score (nSPS) is 15.1. The van der Waals surface area contributed by atoms with E-state index in [0.717, 1.165) is 32.5 Å². The average Bonchev–Trinajstić information content (AvgIpc) is 2.83. The molecule has 0 saturated carbocycles. The van der Waals surface area contributed by atoms with Crippen molar-refractivity contribution in [2.75, 3.05) is 23.1 Å². The maximum absolute atomic E-state index is 12.8. The van der Waals surface area contributed by atoms with Crippen molar-refractivity contribution in [3.63, 3.8) is 0 Å². The highest BCUT2D eigenvalue weighted by atomic mass is 35.5. The molecule has 4 rings (SSSR count). The van der Waals surface area contributed by atoms with E-state index in [1.54, 1.807) is 18.2 Å². The molecule has 3 aromatic rings. The van der Waals surface area contributed by atoms with Gasteiger partial charge in [-0.2, -0.15) is 0 Å². The molecule has 0 bridgehead atoms. The highest BCUT2D eigenvalue weighted by molar-refractivity contribution is 7.92. The number of hydrogen-bond donors (Lipinski definition) is 2. The Bertz CT molecular complexity index is 1310. The van der Waals surface area contributed by atoms with Gasteiger partial charge in [0.05, 0.1) is 15.6 Å². The summed E-state index contributed by atoms with van der Waals surface area (Å²) in [6, 6.07) is 19.0. The van der Waals surface area contributed by atoms with E-state index in [1.807, 2.05) is 6.07 Å². The first-order valence-corrected chi connectivity index (χ1v) is 13.6. The number of carbonyl (C=O) groups is 1. The van der Waals surface area contributed by atoms with E-state index in [-0.39, 0.29) is 27.4 Å². The lowest BCUT2D eigenvalue weighted by molar-refractivity contribution is -0.121. The molecule has 1 aliphatic heterocycles. The van der Waals surface area contributed by atoms with Crippen molar-refractivity contribution < 1.29 is 13.2 Å². The first kappa shape index (κ1) is 25.5. The fourth-order valence-electron chi connectivity index (χ4n) is 4.12. The molecule has 9 heteroatoms. The molecule has 1 amide bonds. The summed E-state index contributed by atoms with van der Waals surface area (Å²) in [6.07, 6.45) is 1.58. The Kier molecular flexibility index (Phi) is 8.02. The summed E-state index contributed by atoms with van der Waals surface area (Å²) in [6.45, 7) is 4.74. The maximum Gasteiger partial charge on any atom is 0.261 e. The summed E-state index contributed by atoms with van der Waals surface area (Å²) < 4.78 is 27.9. The van der Waals surface area contributed by atoms with Crippen LogP contribution in [0.4, 0.5) is 11.4 Å². The van der Waals surface area contributed by atoms with E-state index < -0.39 is 10.0 Å². The summed E-state index contributed by atoms with van der Waals surface area (Å²) in [5, 5.41) is 3.54. The van der Waals surface area contributed by atoms with Crippen LogP contribution < -0.4 is 10.0 Å². The summed E-state index contributed by atoms with van der Waals surface area (Å²) in [5.74, 6) is -0.109. The molecule has 0 spiro atoms. The Labute approximate surface area is 216 Å². The van der Waals surface area contributed by atoms with Crippen LogP contribution in [0.3, 0.4) is 0 Å². The zero-order valence-corrected chi connectivity index (χ0v) is 21.6. The average molecular weight is 532 g/mol. The molecule has 0 aliphatic carbocycles. The Balaban J connectivity index is 1.31. The van der Waals surface area contributed by atoms with Crippen molar-refractivity contribution in [2.24, 2.45) is 5.92 Å². The van der Waals surface area contributed by atoms with Crippen molar-refractivity contribution in [3.8, 4) is 0 Å². The van der Waals surface area contributed by atoms with E-state index >= 15 is 0 Å². The first-order chi connectivity index (χ1) is 16.7. The smallest absolute Gasteiger partial charge is 0.261 e. The van der Waals surface area contributed by atoms with Crippen LogP contribution >= 0.6 is 23.2 Å². The highest BCUT2D eigenvalue weighted by Gasteiger charge is 2.25. The van der Waals surface area contributed by atoms with Gasteiger partial charge in [-0.25, -0.2) is 8.42 Å². The second kappa shape index (κ2) is 11.0. The number of amides is 1. The van der Waals surface area contributed by atoms with E-state index in [1.165, 1.54) is 35.4 Å². The van der Waals surface area contributed by atoms with Gasteiger partial charge in [0.25, 0.3) is 10.0 Å². The molecule has 6 nitrogen and oxygen atoms in total. The van der Waals surface area contributed by atoms with Crippen molar-refractivity contribution >= 4 is 50.5 Å². The standard InChI is InChI=1S/C26H27Cl2N3O3S/c1-18-4-2-3-5-20(18)17-31-14-12-19(13-15-31)26(32)29-22-7-9-23(10-8-22)35(33,34)30-25-11-6-21(27)16-24(25)28/h2-11,16,19,30H,12-15,17H2,1H3,(H,29,32). The van der Waals surface area contributed by atoms with Gasteiger partial charge in [0.2, 0.25) is 5.91 Å². The number of nitrogens with one attached hydrogen (secondary N) is 2. The predicted molar refractivity (Wildman–Crippen MR) is 142 cm³/mol. The van der Waals surface area contributed by atoms with Gasteiger partial charge in [-0.3, -0.25) is 14.4 Å². The van der Waals surface area contributed by atoms with Crippen LogP contribution in [0.1, 0.15) is 24.0 Å². The van der Waals surface area contributed by atoms with Gasteiger partial charge in [0, 0.05) is 23.2 Å². The molecular formula is C26H27Cl2N3O3S. The fourth-order valence-corrected chi connectivity index (χ4v) is 5.71. The second-order valence-electron chi connectivity index (χ2n) is 8.72. The van der Waals surface area contributed by atoms with Crippen molar-refractivity contribution in [3.05, 3.63) is 87.9 Å². The van der Waals surface area contributed by atoms with Gasteiger partial charge in [-0.1, -0.05) is 47.5 Å². The Morgan fingerprint density at radius 3 is 2.34 bits per heavy atom. The molecule has 0 aromatic heterocycles. The molecule has 2 N–H and O–H groups in total. The monoisotopic (exact) mass is 531 g/mol. The molecular weight excluding hydrogens is 505 g/mol. The number of piperidine rings is 1. The van der Waals surface area contributed by atoms with Gasteiger partial charge in [0.15, 0.2) is 0 Å². The van der Waals surface area contributed by atoms with Crippen LogP contribution in [-0.4, -0.2) is 32.3 Å². The SMILES string of the molecule is Cc1ccccc1CN1CCC(C(=O)Nc2ccc(S(=O)(=O)Nc3ccc(Cl)cc3Cl)cc2)CC1. The van der Waals surface area contributed by atoms with Crippen molar-refractivity contribution in [1.29, 1.82) is 0 Å². The number of carbonyl (C=O) groups excluding carboxylic acids is 1. The minimum atomic E-state index is -3.85. The fraction of sp³-hybridized carbons (Fsp3) is 0.269. The Morgan fingerprint density at radius 1 is 1.00 bits per heavy atom. The number of anilines is 2. The lowest BCUT2D eigenvalue weighted by Gasteiger charge is -2.31. The zero-order chi connectivity index (χ0) is 25.0. The maximum atomic E-state index is 12.8. The van der Waals surface area contributed by atoms with E-state index in [4.69, 9.17) is 23.2 Å². The number of sulfonamides is 1. The summed E-state index contributed by atoms with van der Waals surface area (Å²) in [5.41, 5.74) is 3.39. The number of rotatable bonds is 7. The third kappa shape index (κ3) is 6.55. The third-order valence-corrected chi connectivity index (χ3v) is 8.15. The first-order valence-electron chi connectivity index (χ1n) is 11.4. The molecule has 1 saturated heterocycles. The number of halogens is 2. The quantitative estimate of drug-likeness (QED) is 0.394. The number of aryl methyl sites for hydroxylation is 1. The van der Waals surface area contributed by atoms with Crippen LogP contribution in [-0.2, 0) is 21.4 Å². The number of benzene rings is 3. The summed E-state index contributed by atoms with van der Waals surface area (Å²) >= 11 is 11.9. The second-order valence-corrected chi connectivity index (χ2v) is 11.2. The Morgan fingerprint density at radius 2 is 1.69 bits per heavy atom. The minimum Gasteiger partial charge on any atom is -0.326 e. The molecule has 1 fully saturated rings. The van der Waals surface area contributed by atoms with Crippen LogP contribution in [0.25, 0.3) is 0 Å². The molecule has 1 heterocycles. The largest absolute Gasteiger partial charge is 0.326 e. The van der Waals surface area contributed by atoms with E-state index in [9.17, 15) is 13.2 Å². The van der Waals surface area contributed by atoms with Gasteiger partial charge < -0.3 is 5.32 Å². The minimum absolute atomic E-state index is 0.0396. The van der Waals surface area contributed by atoms with Crippen LogP contribution in [0, 0.1) is 12.8 Å². The van der Waals surface area contributed by atoms with Gasteiger partial charge in [-0.15, -0.1) is 0 Å². The topological polar surface area (TPSA) is 78.5 Å². The molecule has 35 heavy (non-hydrogen) atoms. The molecule has 184 valence electrons. The zero-order valence-electron chi connectivity index (χ0n) is 19.3. The van der Waals surface area contributed by atoms with Gasteiger partial charge in [-0.05, 0) is 86.4 Å². The lowest BCUT2D eigenvalue weighted by atomic mass is 9.95. The Hall–Kier alpha value is -2.58. The number of nitrogens with zero attached hydrogens (tertiary/aromatic N) is 1. The predicted octanol–water partition coefficient (Wildman–Crippen LogP) is 5.95. The van der Waals surface area contributed by atoms with Crippen LogP contribution in [0.2, 0.25) is 10.0 Å². The molecule has 0 radical (unpaired) electrons. The van der Waals surface area contributed by atoms with E-state index in [2.05, 4.69) is 40.1 Å². The third-order valence-electron chi connectivity index (χ3n) is 6.22. The number of likely N-dealkylation sites (tertiary alicyclic amines) is 1. The van der Waals surface area contributed by atoms with E-state index in [0.29, 0.717) is 10.7 Å². The molecule has 1 aliphatic rings. The van der Waals surface area contributed by atoms with Crippen LogP contribution in [0.5, 0.6) is 0 Å². The highest BCUT2D eigenvalue weighted by Crippen LogP contribution is 2.28. The summed E-state index contributed by atoms with van der Waals surface area (Å²) in [7, 11) is -3.85. The lowest BCUT2D eigenvalue weighted by Crippen LogP contribution is -2.37. The van der Waals surface area contributed by atoms with Gasteiger partial charge >= 0.3 is 0 Å². The molecule has 0 unspecified atom stereocenters. The van der Waals surface area contributed by atoms with Gasteiger partial charge in [0.1, 0.15) is 0 Å². The molecule has 3 aromatic carbocycles. The molecule has 0 atom stereocenters. The summed E-state index contributed by atoms with van der Waals surface area (Å²) in [4.78, 5) is 15.2. The van der Waals surface area contributed by atoms with Crippen LogP contribution in [0.15, 0.2) is 71.6 Å². The van der Waals surface area contributed by atoms with Crippen molar-refractivity contribution in [2.45, 2.75) is 31.2 Å². The number of hydrogen-bond acceptors (Lipinski definition) is 4. The van der Waals surface area contributed by atoms with Crippen molar-refractivity contribution in [1.82, 2.24) is 4.90 Å².